The minimum absolute atomic E-state index is 0.292. The average molecular weight is 325 g/mol. The largest absolute Gasteiger partial charge is 0.493 e. The Hall–Kier alpha value is -1.93. The smallest absolute Gasteiger partial charge is 0.252 e. The number of benzene rings is 1. The Morgan fingerprint density at radius 1 is 1.45 bits per heavy atom. The first-order chi connectivity index (χ1) is 10.2. The van der Waals surface area contributed by atoms with E-state index >= 15 is 0 Å². The van der Waals surface area contributed by atoms with Gasteiger partial charge in [0.15, 0.2) is 11.5 Å². The van der Waals surface area contributed by atoms with Crippen molar-refractivity contribution in [2.24, 2.45) is 5.92 Å². The van der Waals surface area contributed by atoms with Gasteiger partial charge in [0.2, 0.25) is 0 Å². The number of halogens is 1. The zero-order chi connectivity index (χ0) is 16.9. The first kappa shape index (κ1) is 18.1. The Balaban J connectivity index is 3.08. The summed E-state index contributed by atoms with van der Waals surface area (Å²) in [4.78, 5) is 12.2. The lowest BCUT2D eigenvalue weighted by atomic mass is 10.1. The number of hydrogen-bond donors (Lipinski definition) is 1. The van der Waals surface area contributed by atoms with Crippen molar-refractivity contribution in [2.45, 2.75) is 33.2 Å². The van der Waals surface area contributed by atoms with Crippen LogP contribution in [-0.2, 0) is 0 Å². The van der Waals surface area contributed by atoms with E-state index in [9.17, 15) is 4.79 Å². The van der Waals surface area contributed by atoms with Gasteiger partial charge in [-0.15, -0.1) is 0 Å². The lowest BCUT2D eigenvalue weighted by Crippen LogP contribution is -2.42. The highest BCUT2D eigenvalue weighted by molar-refractivity contribution is 6.32. The standard InChI is InChI=1S/C16H21ClN2O3/c1-10(2)8-22-14-12(17)6-11(7-13(14)21-5)15(20)19-16(3,4)9-18/h6-7,10H,8H2,1-5H3,(H,19,20). The Labute approximate surface area is 136 Å². The van der Waals surface area contributed by atoms with Crippen LogP contribution in [0.5, 0.6) is 11.5 Å². The van der Waals surface area contributed by atoms with Gasteiger partial charge >= 0.3 is 0 Å². The maximum atomic E-state index is 12.2. The number of hydrogen-bond acceptors (Lipinski definition) is 4. The van der Waals surface area contributed by atoms with Crippen LogP contribution in [0.1, 0.15) is 38.1 Å². The lowest BCUT2D eigenvalue weighted by Gasteiger charge is -2.19. The van der Waals surface area contributed by atoms with Crippen LogP contribution in [0.15, 0.2) is 12.1 Å². The number of amides is 1. The summed E-state index contributed by atoms with van der Waals surface area (Å²) in [6, 6.07) is 5.06. The van der Waals surface area contributed by atoms with Gasteiger partial charge in [0.05, 0.1) is 24.8 Å². The summed E-state index contributed by atoms with van der Waals surface area (Å²) in [5.74, 6) is 0.726. The van der Waals surface area contributed by atoms with Crippen LogP contribution in [0.3, 0.4) is 0 Å². The molecule has 0 aromatic heterocycles. The summed E-state index contributed by atoms with van der Waals surface area (Å²) >= 11 is 6.20. The summed E-state index contributed by atoms with van der Waals surface area (Å²) in [6.07, 6.45) is 0. The molecular formula is C16H21ClN2O3. The third kappa shape index (κ3) is 4.81. The predicted octanol–water partition coefficient (Wildman–Crippen LogP) is 3.42. The van der Waals surface area contributed by atoms with Gasteiger partial charge in [0.25, 0.3) is 5.91 Å². The second kappa shape index (κ2) is 7.37. The number of ether oxygens (including phenoxy) is 2. The molecule has 0 saturated heterocycles. The maximum Gasteiger partial charge on any atom is 0.252 e. The molecule has 6 heteroatoms. The Kier molecular flexibility index (Phi) is 6.07. The van der Waals surface area contributed by atoms with Gasteiger partial charge in [-0.25, -0.2) is 0 Å². The van der Waals surface area contributed by atoms with Crippen molar-refractivity contribution in [1.29, 1.82) is 5.26 Å². The van der Waals surface area contributed by atoms with E-state index in [0.717, 1.165) is 0 Å². The van der Waals surface area contributed by atoms with E-state index in [-0.39, 0.29) is 0 Å². The van der Waals surface area contributed by atoms with Gasteiger partial charge in [-0.3, -0.25) is 4.79 Å². The van der Waals surface area contributed by atoms with E-state index in [1.807, 2.05) is 19.9 Å². The van der Waals surface area contributed by atoms with Gasteiger partial charge in [-0.2, -0.15) is 5.26 Å². The molecule has 0 spiro atoms. The molecule has 120 valence electrons. The van der Waals surface area contributed by atoms with Crippen LogP contribution in [-0.4, -0.2) is 25.2 Å². The Morgan fingerprint density at radius 2 is 2.09 bits per heavy atom. The summed E-state index contributed by atoms with van der Waals surface area (Å²) in [5, 5.41) is 11.9. The first-order valence-electron chi connectivity index (χ1n) is 6.94. The lowest BCUT2D eigenvalue weighted by molar-refractivity contribution is 0.0929. The van der Waals surface area contributed by atoms with Crippen molar-refractivity contribution in [1.82, 2.24) is 5.32 Å². The number of nitrogens with zero attached hydrogens (tertiary/aromatic N) is 1. The normalized spacial score (nSPS) is 11.0. The van der Waals surface area contributed by atoms with Crippen molar-refractivity contribution < 1.29 is 14.3 Å². The van der Waals surface area contributed by atoms with Crippen LogP contribution in [0.4, 0.5) is 0 Å². The summed E-state index contributed by atoms with van der Waals surface area (Å²) in [7, 11) is 1.48. The molecule has 0 unspecified atom stereocenters. The van der Waals surface area contributed by atoms with E-state index < -0.39 is 11.4 Å². The van der Waals surface area contributed by atoms with Crippen LogP contribution >= 0.6 is 11.6 Å². The quantitative estimate of drug-likeness (QED) is 0.870. The average Bonchev–Trinajstić information content (AvgIpc) is 2.44. The zero-order valence-electron chi connectivity index (χ0n) is 13.5. The molecule has 0 saturated carbocycles. The van der Waals surface area contributed by atoms with Crippen LogP contribution in [0.25, 0.3) is 0 Å². The van der Waals surface area contributed by atoms with Gasteiger partial charge in [-0.1, -0.05) is 25.4 Å². The Morgan fingerprint density at radius 3 is 2.59 bits per heavy atom. The molecule has 1 N–H and O–H groups in total. The zero-order valence-corrected chi connectivity index (χ0v) is 14.2. The predicted molar refractivity (Wildman–Crippen MR) is 85.5 cm³/mol. The molecule has 5 nitrogen and oxygen atoms in total. The fraction of sp³-hybridized carbons (Fsp3) is 0.500. The van der Waals surface area contributed by atoms with Gasteiger partial charge in [0.1, 0.15) is 5.54 Å². The molecule has 1 rings (SSSR count). The summed E-state index contributed by atoms with van der Waals surface area (Å²) in [6.45, 7) is 7.76. The van der Waals surface area contributed by atoms with Crippen molar-refractivity contribution in [2.75, 3.05) is 13.7 Å². The highest BCUT2D eigenvalue weighted by atomic mass is 35.5. The topological polar surface area (TPSA) is 71.3 Å². The van der Waals surface area contributed by atoms with Crippen LogP contribution in [0.2, 0.25) is 5.02 Å². The van der Waals surface area contributed by atoms with E-state index in [4.69, 9.17) is 26.3 Å². The van der Waals surface area contributed by atoms with E-state index in [0.29, 0.717) is 34.6 Å². The fourth-order valence-corrected chi connectivity index (χ4v) is 1.89. The number of rotatable bonds is 6. The minimum atomic E-state index is -0.969. The molecule has 1 amide bonds. The number of carbonyl (C=O) groups excluding carboxylic acids is 1. The van der Waals surface area contributed by atoms with Crippen LogP contribution < -0.4 is 14.8 Å². The molecule has 1 aromatic carbocycles. The fourth-order valence-electron chi connectivity index (χ4n) is 1.62. The highest BCUT2D eigenvalue weighted by Gasteiger charge is 2.22. The van der Waals surface area contributed by atoms with Crippen molar-refractivity contribution in [3.8, 4) is 17.6 Å². The van der Waals surface area contributed by atoms with Gasteiger partial charge in [-0.05, 0) is 31.9 Å². The monoisotopic (exact) mass is 324 g/mol. The molecule has 0 aliphatic heterocycles. The molecule has 0 atom stereocenters. The second-order valence-corrected chi connectivity index (χ2v) is 6.29. The molecule has 22 heavy (non-hydrogen) atoms. The summed E-state index contributed by atoms with van der Waals surface area (Å²) < 4.78 is 10.9. The van der Waals surface area contributed by atoms with Crippen molar-refractivity contribution in [3.05, 3.63) is 22.7 Å². The van der Waals surface area contributed by atoms with Crippen molar-refractivity contribution >= 4 is 17.5 Å². The molecule has 0 heterocycles. The highest BCUT2D eigenvalue weighted by Crippen LogP contribution is 2.36. The van der Waals surface area contributed by atoms with Crippen LogP contribution in [0, 0.1) is 17.2 Å². The molecule has 0 fully saturated rings. The second-order valence-electron chi connectivity index (χ2n) is 5.89. The third-order valence-corrected chi connectivity index (χ3v) is 3.04. The van der Waals surface area contributed by atoms with Gasteiger partial charge < -0.3 is 14.8 Å². The third-order valence-electron chi connectivity index (χ3n) is 2.76. The molecule has 1 aromatic rings. The molecule has 0 aliphatic carbocycles. The summed E-state index contributed by atoms with van der Waals surface area (Å²) in [5.41, 5.74) is -0.661. The first-order valence-corrected chi connectivity index (χ1v) is 7.32. The van der Waals surface area contributed by atoms with Crippen molar-refractivity contribution in [3.63, 3.8) is 0 Å². The molecule has 0 radical (unpaired) electrons. The molecule has 0 bridgehead atoms. The number of nitriles is 1. The Bertz CT molecular complexity index is 592. The van der Waals surface area contributed by atoms with E-state index in [1.165, 1.54) is 13.2 Å². The SMILES string of the molecule is COc1cc(C(=O)NC(C)(C)C#N)cc(Cl)c1OCC(C)C. The van der Waals surface area contributed by atoms with Gasteiger partial charge in [0, 0.05) is 5.56 Å². The molecule has 0 aliphatic rings. The van der Waals surface area contributed by atoms with E-state index in [1.54, 1.807) is 19.9 Å². The van der Waals surface area contributed by atoms with E-state index in [2.05, 4.69) is 5.32 Å². The minimum Gasteiger partial charge on any atom is -0.493 e. The maximum absolute atomic E-state index is 12.2. The number of nitrogens with one attached hydrogen (secondary N) is 1. The molecular weight excluding hydrogens is 304 g/mol. The number of methoxy groups -OCH3 is 1. The number of carbonyl (C=O) groups is 1.